The molecule has 4 aromatic rings. The lowest BCUT2D eigenvalue weighted by Crippen LogP contribution is -2.23. The molecular formula is C32H33NO3. The molecule has 1 aromatic heterocycles. The van der Waals surface area contributed by atoms with E-state index in [-0.39, 0.29) is 5.91 Å². The molecule has 0 radical (unpaired) electrons. The SMILES string of the molecule is CCOc1cc2occ(-c3cccc4ccccc34)c2cc1/C(C)=C/C(=O)NCCC1=CCCCC1. The fourth-order valence-electron chi connectivity index (χ4n) is 5.11. The number of rotatable bonds is 8. The molecule has 0 aliphatic heterocycles. The molecule has 0 unspecified atom stereocenters. The topological polar surface area (TPSA) is 51.5 Å². The van der Waals surface area contributed by atoms with Crippen molar-refractivity contribution in [3.8, 4) is 16.9 Å². The number of amides is 1. The highest BCUT2D eigenvalue weighted by Gasteiger charge is 2.16. The molecule has 4 nitrogen and oxygen atoms in total. The molecule has 1 amide bonds. The van der Waals surface area contributed by atoms with Crippen LogP contribution in [0.2, 0.25) is 0 Å². The van der Waals surface area contributed by atoms with Crippen LogP contribution < -0.4 is 10.1 Å². The molecule has 0 saturated heterocycles. The van der Waals surface area contributed by atoms with E-state index < -0.39 is 0 Å². The van der Waals surface area contributed by atoms with E-state index in [0.717, 1.165) is 51.8 Å². The highest BCUT2D eigenvalue weighted by atomic mass is 16.5. The lowest BCUT2D eigenvalue weighted by atomic mass is 9.96. The van der Waals surface area contributed by atoms with Crippen LogP contribution in [-0.2, 0) is 4.79 Å². The standard InChI is InChI=1S/C32H33NO3/c1-3-35-30-20-31-28(29(21-36-31)26-15-9-13-24-12-7-8-14-25(24)26)19-27(30)22(2)18-32(34)33-17-16-23-10-5-4-6-11-23/h7-10,12-15,18-21H,3-6,11,16-17H2,1-2H3,(H,33,34)/b22-18+. The van der Waals surface area contributed by atoms with E-state index >= 15 is 0 Å². The van der Waals surface area contributed by atoms with Crippen LogP contribution in [0.15, 0.2) is 83.0 Å². The predicted octanol–water partition coefficient (Wildman–Crippen LogP) is 8.06. The number of hydrogen-bond acceptors (Lipinski definition) is 3. The number of nitrogens with one attached hydrogen (secondary N) is 1. The van der Waals surface area contributed by atoms with Crippen LogP contribution >= 0.6 is 0 Å². The second kappa shape index (κ2) is 10.9. The van der Waals surface area contributed by atoms with E-state index in [9.17, 15) is 4.79 Å². The van der Waals surface area contributed by atoms with Crippen LogP contribution in [0.5, 0.6) is 5.75 Å². The fourth-order valence-corrected chi connectivity index (χ4v) is 5.11. The number of allylic oxidation sites excluding steroid dienone is 2. The first-order chi connectivity index (χ1) is 17.6. The molecule has 5 rings (SSSR count). The largest absolute Gasteiger partial charge is 0.493 e. The van der Waals surface area contributed by atoms with Gasteiger partial charge in [-0.2, -0.15) is 0 Å². The second-order valence-electron chi connectivity index (χ2n) is 9.43. The van der Waals surface area contributed by atoms with Crippen LogP contribution in [0.25, 0.3) is 38.4 Å². The molecule has 0 spiro atoms. The smallest absolute Gasteiger partial charge is 0.244 e. The van der Waals surface area contributed by atoms with Gasteiger partial charge in [-0.05, 0) is 73.9 Å². The Hall–Kier alpha value is -3.79. The molecule has 0 saturated carbocycles. The van der Waals surface area contributed by atoms with Crippen molar-refractivity contribution >= 4 is 33.2 Å². The summed E-state index contributed by atoms with van der Waals surface area (Å²) in [7, 11) is 0. The number of benzene rings is 3. The number of carbonyl (C=O) groups is 1. The van der Waals surface area contributed by atoms with Gasteiger partial charge in [-0.25, -0.2) is 0 Å². The Bertz CT molecular complexity index is 1450. The molecule has 4 heteroatoms. The van der Waals surface area contributed by atoms with Crippen LogP contribution in [0, 0.1) is 0 Å². The van der Waals surface area contributed by atoms with Crippen LogP contribution in [0.3, 0.4) is 0 Å². The summed E-state index contributed by atoms with van der Waals surface area (Å²) in [4.78, 5) is 12.7. The van der Waals surface area contributed by atoms with Crippen molar-refractivity contribution in [3.05, 3.63) is 84.1 Å². The summed E-state index contributed by atoms with van der Waals surface area (Å²) in [6.45, 7) is 5.12. The Kier molecular flexibility index (Phi) is 7.22. The van der Waals surface area contributed by atoms with E-state index in [4.69, 9.17) is 9.15 Å². The molecule has 0 fully saturated rings. The van der Waals surface area contributed by atoms with Gasteiger partial charge in [-0.15, -0.1) is 0 Å². The van der Waals surface area contributed by atoms with E-state index in [0.29, 0.717) is 13.2 Å². The Balaban J connectivity index is 1.46. The summed E-state index contributed by atoms with van der Waals surface area (Å²) < 4.78 is 11.9. The van der Waals surface area contributed by atoms with Crippen LogP contribution in [0.1, 0.15) is 51.5 Å². The number of carbonyl (C=O) groups excluding carboxylic acids is 1. The van der Waals surface area contributed by atoms with Crippen molar-refractivity contribution in [2.75, 3.05) is 13.2 Å². The van der Waals surface area contributed by atoms with Gasteiger partial charge in [0.05, 0.1) is 12.9 Å². The summed E-state index contributed by atoms with van der Waals surface area (Å²) >= 11 is 0. The van der Waals surface area contributed by atoms with Gasteiger partial charge in [-0.3, -0.25) is 4.79 Å². The average Bonchev–Trinajstić information content (AvgIpc) is 3.31. The maximum Gasteiger partial charge on any atom is 0.244 e. The molecule has 0 bridgehead atoms. The van der Waals surface area contributed by atoms with Crippen molar-refractivity contribution in [1.29, 1.82) is 0 Å². The first-order valence-corrected chi connectivity index (χ1v) is 12.9. The van der Waals surface area contributed by atoms with Gasteiger partial charge in [0.25, 0.3) is 0 Å². The number of furan rings is 1. The summed E-state index contributed by atoms with van der Waals surface area (Å²) in [5.41, 5.74) is 6.15. The third-order valence-corrected chi connectivity index (χ3v) is 6.96. The van der Waals surface area contributed by atoms with Crippen molar-refractivity contribution in [2.24, 2.45) is 0 Å². The maximum atomic E-state index is 12.7. The summed E-state index contributed by atoms with van der Waals surface area (Å²) in [5, 5.41) is 6.42. The van der Waals surface area contributed by atoms with Crippen LogP contribution in [-0.4, -0.2) is 19.1 Å². The molecule has 36 heavy (non-hydrogen) atoms. The number of fused-ring (bicyclic) bond motifs is 2. The molecule has 1 aliphatic carbocycles. The maximum absolute atomic E-state index is 12.7. The van der Waals surface area contributed by atoms with E-state index in [1.165, 1.54) is 35.6 Å². The quantitative estimate of drug-likeness (QED) is 0.205. The van der Waals surface area contributed by atoms with Crippen molar-refractivity contribution in [3.63, 3.8) is 0 Å². The van der Waals surface area contributed by atoms with Gasteiger partial charge in [0, 0.05) is 35.2 Å². The third-order valence-electron chi connectivity index (χ3n) is 6.96. The predicted molar refractivity (Wildman–Crippen MR) is 148 cm³/mol. The summed E-state index contributed by atoms with van der Waals surface area (Å²) in [6.07, 6.45) is 11.6. The van der Waals surface area contributed by atoms with Crippen LogP contribution in [0.4, 0.5) is 0 Å². The zero-order valence-corrected chi connectivity index (χ0v) is 21.1. The minimum Gasteiger partial charge on any atom is -0.493 e. The van der Waals surface area contributed by atoms with Gasteiger partial charge in [-0.1, -0.05) is 54.1 Å². The highest BCUT2D eigenvalue weighted by Crippen LogP contribution is 2.39. The number of hydrogen-bond donors (Lipinski definition) is 1. The minimum absolute atomic E-state index is 0.0760. The fraction of sp³-hybridized carbons (Fsp3) is 0.281. The summed E-state index contributed by atoms with van der Waals surface area (Å²) in [6, 6.07) is 18.7. The van der Waals surface area contributed by atoms with Crippen molar-refractivity contribution in [2.45, 2.75) is 46.0 Å². The number of ether oxygens (including phenoxy) is 1. The Morgan fingerprint density at radius 1 is 1.06 bits per heavy atom. The first kappa shape index (κ1) is 23.9. The van der Waals surface area contributed by atoms with E-state index in [1.807, 2.05) is 26.2 Å². The third kappa shape index (κ3) is 5.08. The second-order valence-corrected chi connectivity index (χ2v) is 9.43. The summed E-state index contributed by atoms with van der Waals surface area (Å²) in [5.74, 6) is 0.644. The normalized spacial score (nSPS) is 14.2. The zero-order valence-electron chi connectivity index (χ0n) is 21.1. The molecule has 0 atom stereocenters. The van der Waals surface area contributed by atoms with Gasteiger partial charge in [0.1, 0.15) is 11.3 Å². The lowest BCUT2D eigenvalue weighted by molar-refractivity contribution is -0.116. The Labute approximate surface area is 212 Å². The van der Waals surface area contributed by atoms with Gasteiger partial charge in [0.2, 0.25) is 5.91 Å². The molecule has 3 aromatic carbocycles. The molecule has 1 heterocycles. The lowest BCUT2D eigenvalue weighted by Gasteiger charge is -2.13. The van der Waals surface area contributed by atoms with E-state index in [2.05, 4.69) is 59.9 Å². The van der Waals surface area contributed by atoms with Crippen molar-refractivity contribution < 1.29 is 13.9 Å². The Morgan fingerprint density at radius 2 is 1.92 bits per heavy atom. The van der Waals surface area contributed by atoms with Gasteiger partial charge < -0.3 is 14.5 Å². The minimum atomic E-state index is -0.0760. The molecule has 1 N–H and O–H groups in total. The Morgan fingerprint density at radius 3 is 2.75 bits per heavy atom. The van der Waals surface area contributed by atoms with Gasteiger partial charge in [0.15, 0.2) is 0 Å². The van der Waals surface area contributed by atoms with Crippen molar-refractivity contribution in [1.82, 2.24) is 5.32 Å². The zero-order chi connectivity index (χ0) is 24.9. The molecule has 184 valence electrons. The van der Waals surface area contributed by atoms with E-state index in [1.54, 1.807) is 6.08 Å². The molecule has 1 aliphatic rings. The average molecular weight is 480 g/mol. The monoisotopic (exact) mass is 479 g/mol. The van der Waals surface area contributed by atoms with Gasteiger partial charge >= 0.3 is 0 Å². The first-order valence-electron chi connectivity index (χ1n) is 12.9. The highest BCUT2D eigenvalue weighted by molar-refractivity contribution is 6.06. The molecular weight excluding hydrogens is 446 g/mol.